The quantitative estimate of drug-likeness (QED) is 0.271. The summed E-state index contributed by atoms with van der Waals surface area (Å²) in [6.07, 6.45) is 6.83. The monoisotopic (exact) mass is 585 g/mol. The standard InChI is InChI=1S/C31H43N3O8/c1-7-14-33-27-22-12-9-13-25(41-6)28(36)20(4)15-19(3)26(42-31(32)39)16-21(40-5)11-8-10-18(2)30(38)34-23(29(22)37)17-24(27)35/h7-8,10-11,15,17,20-21,25-26,28,33,36H,1,9,12-14,16H2,2-6H3,(H2,32,39)(H,34,38)/b11-8-,18-10+,19-15+/t20?,21?,25?,26?,28-/m1/s1. The van der Waals surface area contributed by atoms with Crippen LogP contribution in [0, 0.1) is 5.92 Å². The van der Waals surface area contributed by atoms with Crippen molar-refractivity contribution >= 4 is 23.6 Å². The third-order valence-electron chi connectivity index (χ3n) is 7.22. The van der Waals surface area contributed by atoms with Crippen LogP contribution in [0.5, 0.6) is 0 Å². The van der Waals surface area contributed by atoms with Crippen molar-refractivity contribution in [2.45, 2.75) is 70.9 Å². The number of ether oxygens (including phenoxy) is 3. The first-order valence-electron chi connectivity index (χ1n) is 13.9. The van der Waals surface area contributed by atoms with Crippen molar-refractivity contribution in [2.24, 2.45) is 11.7 Å². The number of carbonyl (C=O) groups excluding carboxylic acids is 4. The Hall–Kier alpha value is -3.80. The second-order valence-corrected chi connectivity index (χ2v) is 10.3. The lowest BCUT2D eigenvalue weighted by Gasteiger charge is -2.27. The largest absolute Gasteiger partial charge is 0.442 e. The number of fused-ring (bicyclic) bond motifs is 2. The Morgan fingerprint density at radius 2 is 1.95 bits per heavy atom. The van der Waals surface area contributed by atoms with Gasteiger partial charge in [-0.2, -0.15) is 0 Å². The summed E-state index contributed by atoms with van der Waals surface area (Å²) in [7, 11) is 2.98. The van der Waals surface area contributed by atoms with Crippen LogP contribution in [0.3, 0.4) is 0 Å². The molecule has 42 heavy (non-hydrogen) atoms. The molecule has 1 aliphatic heterocycles. The molecular weight excluding hydrogens is 542 g/mol. The fourth-order valence-corrected chi connectivity index (χ4v) is 4.81. The lowest BCUT2D eigenvalue weighted by molar-refractivity contribution is -0.120. The number of amides is 2. The van der Waals surface area contributed by atoms with E-state index in [1.807, 2.05) is 6.92 Å². The van der Waals surface area contributed by atoms with Crippen molar-refractivity contribution in [1.82, 2.24) is 10.6 Å². The third-order valence-corrected chi connectivity index (χ3v) is 7.22. The highest BCUT2D eigenvalue weighted by Gasteiger charge is 2.31. The van der Waals surface area contributed by atoms with Crippen LogP contribution >= 0.6 is 0 Å². The van der Waals surface area contributed by atoms with Crippen molar-refractivity contribution in [1.29, 1.82) is 0 Å². The number of rotatable bonds is 6. The first kappa shape index (κ1) is 34.4. The molecule has 0 radical (unpaired) electrons. The lowest BCUT2D eigenvalue weighted by atomic mass is 9.89. The van der Waals surface area contributed by atoms with E-state index >= 15 is 0 Å². The second-order valence-electron chi connectivity index (χ2n) is 10.3. The Balaban J connectivity index is 2.53. The highest BCUT2D eigenvalue weighted by atomic mass is 16.6. The van der Waals surface area contributed by atoms with Gasteiger partial charge in [0.15, 0.2) is 0 Å². The Morgan fingerprint density at radius 1 is 1.24 bits per heavy atom. The van der Waals surface area contributed by atoms with E-state index in [1.165, 1.54) is 14.2 Å². The van der Waals surface area contributed by atoms with Gasteiger partial charge >= 0.3 is 6.09 Å². The molecule has 2 amide bonds. The first-order chi connectivity index (χ1) is 19.9. The summed E-state index contributed by atoms with van der Waals surface area (Å²) in [6, 6.07) is 0. The van der Waals surface area contributed by atoms with Crippen LogP contribution in [-0.4, -0.2) is 73.9 Å². The molecule has 0 fully saturated rings. The number of hydrogen-bond donors (Lipinski definition) is 4. The molecule has 5 N–H and O–H groups in total. The van der Waals surface area contributed by atoms with E-state index in [2.05, 4.69) is 17.2 Å². The van der Waals surface area contributed by atoms with Gasteiger partial charge in [-0.25, -0.2) is 4.79 Å². The number of hydrogen-bond acceptors (Lipinski definition) is 9. The van der Waals surface area contributed by atoms with Crippen LogP contribution in [0.1, 0.15) is 46.5 Å². The summed E-state index contributed by atoms with van der Waals surface area (Å²) < 4.78 is 16.5. The minimum Gasteiger partial charge on any atom is -0.442 e. The molecule has 1 aliphatic carbocycles. The van der Waals surface area contributed by atoms with Crippen molar-refractivity contribution in [3.8, 4) is 0 Å². The van der Waals surface area contributed by atoms with Crippen LogP contribution in [0.25, 0.3) is 0 Å². The van der Waals surface area contributed by atoms with E-state index in [0.717, 1.165) is 6.08 Å². The molecular formula is C31H43N3O8. The summed E-state index contributed by atoms with van der Waals surface area (Å²) in [4.78, 5) is 50.9. The molecule has 230 valence electrons. The SMILES string of the molecule is C=CCNC1=C2CCCC(OC)[C@H](O)C(C)/C=C(\C)C(OC(N)=O)CC(OC)/C=C\C=C(/C)C(=O)NC(=CC1=O)C2=O. The molecule has 2 rings (SSSR count). The molecule has 0 aromatic heterocycles. The van der Waals surface area contributed by atoms with Gasteiger partial charge in [0, 0.05) is 50.3 Å². The van der Waals surface area contributed by atoms with Crippen LogP contribution in [0.4, 0.5) is 4.79 Å². The molecule has 2 aliphatic rings. The summed E-state index contributed by atoms with van der Waals surface area (Å²) in [5.41, 5.74) is 6.55. The van der Waals surface area contributed by atoms with E-state index in [-0.39, 0.29) is 41.9 Å². The predicted octanol–water partition coefficient (Wildman–Crippen LogP) is 2.68. The smallest absolute Gasteiger partial charge is 0.405 e. The topological polar surface area (TPSA) is 166 Å². The molecule has 0 aromatic rings. The van der Waals surface area contributed by atoms with Crippen LogP contribution in [0.2, 0.25) is 0 Å². The Labute approximate surface area is 247 Å². The average molecular weight is 586 g/mol. The van der Waals surface area contributed by atoms with E-state index < -0.39 is 53.9 Å². The van der Waals surface area contributed by atoms with E-state index in [4.69, 9.17) is 19.9 Å². The van der Waals surface area contributed by atoms with Gasteiger partial charge in [0.25, 0.3) is 5.91 Å². The number of carbonyl (C=O) groups is 4. The summed E-state index contributed by atoms with van der Waals surface area (Å²) in [5.74, 6) is -1.84. The highest BCUT2D eigenvalue weighted by Crippen LogP contribution is 2.26. The number of aliphatic hydroxyl groups is 1. The zero-order valence-electron chi connectivity index (χ0n) is 25.0. The number of aliphatic hydroxyl groups excluding tert-OH is 1. The van der Waals surface area contributed by atoms with Gasteiger partial charge in [0.1, 0.15) is 6.10 Å². The summed E-state index contributed by atoms with van der Waals surface area (Å²) in [5, 5.41) is 16.6. The van der Waals surface area contributed by atoms with E-state index in [0.29, 0.717) is 18.4 Å². The molecule has 11 nitrogen and oxygen atoms in total. The number of primary amides is 1. The molecule has 0 spiro atoms. The number of methoxy groups -OCH3 is 2. The zero-order chi connectivity index (χ0) is 31.4. The van der Waals surface area contributed by atoms with Crippen molar-refractivity contribution in [3.05, 3.63) is 71.1 Å². The van der Waals surface area contributed by atoms with Gasteiger partial charge in [-0.15, -0.1) is 6.58 Å². The Morgan fingerprint density at radius 3 is 2.57 bits per heavy atom. The van der Waals surface area contributed by atoms with Crippen LogP contribution in [-0.2, 0) is 28.6 Å². The maximum atomic E-state index is 13.4. The van der Waals surface area contributed by atoms with Gasteiger partial charge in [-0.3, -0.25) is 14.4 Å². The molecule has 1 heterocycles. The second kappa shape index (κ2) is 16.6. The minimum absolute atomic E-state index is 0.117. The molecule has 0 saturated heterocycles. The van der Waals surface area contributed by atoms with Crippen LogP contribution < -0.4 is 16.4 Å². The molecule has 11 heteroatoms. The molecule has 2 bridgehead atoms. The predicted molar refractivity (Wildman–Crippen MR) is 158 cm³/mol. The fourth-order valence-electron chi connectivity index (χ4n) is 4.81. The number of ketones is 2. The first-order valence-corrected chi connectivity index (χ1v) is 13.9. The summed E-state index contributed by atoms with van der Waals surface area (Å²) >= 11 is 0. The lowest BCUT2D eigenvalue weighted by Crippen LogP contribution is -2.36. The van der Waals surface area contributed by atoms with E-state index in [1.54, 1.807) is 44.2 Å². The maximum Gasteiger partial charge on any atom is 0.405 e. The minimum atomic E-state index is -0.944. The van der Waals surface area contributed by atoms with Gasteiger partial charge in [-0.1, -0.05) is 37.3 Å². The third kappa shape index (κ3) is 9.64. The normalized spacial score (nSPS) is 30.1. The van der Waals surface area contributed by atoms with Gasteiger partial charge in [0.2, 0.25) is 11.6 Å². The highest BCUT2D eigenvalue weighted by molar-refractivity contribution is 6.23. The molecule has 0 saturated carbocycles. The summed E-state index contributed by atoms with van der Waals surface area (Å²) in [6.45, 7) is 9.08. The maximum absolute atomic E-state index is 13.4. The number of nitrogens with two attached hydrogens (primary N) is 1. The van der Waals surface area contributed by atoms with Crippen molar-refractivity contribution in [3.63, 3.8) is 0 Å². The number of Topliss-reactive ketones (excluding diaryl/α,β-unsaturated/α-hetero) is 1. The molecule has 5 atom stereocenters. The average Bonchev–Trinajstić information content (AvgIpc) is 2.94. The molecule has 0 aromatic carbocycles. The van der Waals surface area contributed by atoms with Crippen molar-refractivity contribution in [2.75, 3.05) is 20.8 Å². The van der Waals surface area contributed by atoms with Crippen LogP contribution in [0.15, 0.2) is 71.1 Å². The molecule has 4 unspecified atom stereocenters. The van der Waals surface area contributed by atoms with Crippen molar-refractivity contribution < 1.29 is 38.5 Å². The Kier molecular flexibility index (Phi) is 13.6. The fraction of sp³-hybridized carbons (Fsp3) is 0.484. The van der Waals surface area contributed by atoms with Gasteiger partial charge in [0.05, 0.1) is 29.7 Å². The Bertz CT molecular complexity index is 1200. The number of allylic oxidation sites excluding steroid dienone is 4. The van der Waals surface area contributed by atoms with Gasteiger partial charge < -0.3 is 35.7 Å². The van der Waals surface area contributed by atoms with Gasteiger partial charge in [-0.05, 0) is 38.7 Å². The van der Waals surface area contributed by atoms with E-state index in [9.17, 15) is 24.3 Å². The zero-order valence-corrected chi connectivity index (χ0v) is 25.0. The number of nitrogens with one attached hydrogen (secondary N) is 2.